The number of aliphatic carboxylic acids is 3. The minimum atomic E-state index is -1.08. The van der Waals surface area contributed by atoms with Crippen LogP contribution in [0.15, 0.2) is 0 Å². The molecule has 13 heteroatoms. The van der Waals surface area contributed by atoms with Gasteiger partial charge in [-0.3, -0.25) is 19.7 Å². The molecular weight excluding hydrogens is 342 g/mol. The molecule has 1 atom stereocenters. The summed E-state index contributed by atoms with van der Waals surface area (Å²) in [4.78, 5) is 48.7. The van der Waals surface area contributed by atoms with Gasteiger partial charge in [0.25, 0.3) is 0 Å². The van der Waals surface area contributed by atoms with E-state index in [4.69, 9.17) is 26.8 Å². The molecule has 0 aliphatic rings. The van der Waals surface area contributed by atoms with Crippen LogP contribution in [0, 0.1) is 0 Å². The van der Waals surface area contributed by atoms with Crippen molar-refractivity contribution in [3.8, 4) is 0 Å². The van der Waals surface area contributed by atoms with Crippen LogP contribution in [-0.2, 0) is 14.4 Å². The lowest BCUT2D eigenvalue weighted by atomic mass is 10.1. The zero-order chi connectivity index (χ0) is 20.4. The summed E-state index contributed by atoms with van der Waals surface area (Å²) in [5.74, 6) is -3.09. The number of primary amides is 2. The molecule has 25 heavy (non-hydrogen) atoms. The van der Waals surface area contributed by atoms with E-state index in [1.54, 1.807) is 5.32 Å². The fourth-order valence-electron chi connectivity index (χ4n) is 0.967. The Balaban J connectivity index is -0.000000296. The molecule has 12 N–H and O–H groups in total. The molecule has 0 radical (unpaired) electrons. The van der Waals surface area contributed by atoms with Gasteiger partial charge in [0.1, 0.15) is 6.04 Å². The highest BCUT2D eigenvalue weighted by molar-refractivity contribution is 5.91. The molecule has 0 bridgehead atoms. The van der Waals surface area contributed by atoms with Gasteiger partial charge in [-0.2, -0.15) is 0 Å². The van der Waals surface area contributed by atoms with E-state index in [1.165, 1.54) is 0 Å². The Labute approximate surface area is 143 Å². The van der Waals surface area contributed by atoms with Crippen molar-refractivity contribution in [2.75, 3.05) is 6.54 Å². The summed E-state index contributed by atoms with van der Waals surface area (Å²) in [6.07, 6.45) is 1.57. The van der Waals surface area contributed by atoms with E-state index in [1.807, 2.05) is 0 Å². The standard InChI is InChI=1S/C6H14N2O2.C4H6O4.C2H5N3O2/c7-4-2-1-3-5(8)6(9)10;5-3(6)1-2-4(7)8;3-1(6)5-2(4)7/h5H,1-4,7-8H2,(H,9,10);1-2H2,(H,5,6)(H,7,8);(H5,3,4,5,6,7). The normalized spacial score (nSPS) is 10.0. The molecule has 146 valence electrons. The number of urea groups is 2. The monoisotopic (exact) mass is 367 g/mol. The van der Waals surface area contributed by atoms with Crippen LogP contribution in [0.5, 0.6) is 0 Å². The second-order valence-electron chi connectivity index (χ2n) is 4.37. The van der Waals surface area contributed by atoms with Gasteiger partial charge in [-0.25, -0.2) is 9.59 Å². The summed E-state index contributed by atoms with van der Waals surface area (Å²) in [5, 5.41) is 25.7. The van der Waals surface area contributed by atoms with E-state index in [0.29, 0.717) is 13.0 Å². The fraction of sp³-hybridized carbons (Fsp3) is 0.583. The Bertz CT molecular complexity index is 417. The summed E-state index contributed by atoms with van der Waals surface area (Å²) in [7, 11) is 0. The lowest BCUT2D eigenvalue weighted by Gasteiger charge is -2.03. The van der Waals surface area contributed by atoms with Crippen LogP contribution in [0.1, 0.15) is 32.1 Å². The van der Waals surface area contributed by atoms with E-state index in [-0.39, 0.29) is 12.8 Å². The molecule has 0 fully saturated rings. The highest BCUT2D eigenvalue weighted by Crippen LogP contribution is 1.96. The maximum atomic E-state index is 10.1. The highest BCUT2D eigenvalue weighted by Gasteiger charge is 2.09. The Morgan fingerprint density at radius 2 is 1.24 bits per heavy atom. The summed E-state index contributed by atoms with van der Waals surface area (Å²) >= 11 is 0. The number of unbranched alkanes of at least 4 members (excludes halogenated alkanes) is 1. The van der Waals surface area contributed by atoms with Crippen LogP contribution in [0.2, 0.25) is 0 Å². The van der Waals surface area contributed by atoms with Crippen molar-refractivity contribution >= 4 is 30.0 Å². The van der Waals surface area contributed by atoms with Crippen molar-refractivity contribution < 1.29 is 39.3 Å². The second-order valence-corrected chi connectivity index (χ2v) is 4.37. The second kappa shape index (κ2) is 17.4. The number of rotatable bonds is 8. The average Bonchev–Trinajstić information content (AvgIpc) is 2.45. The molecule has 0 aromatic heterocycles. The summed E-state index contributed by atoms with van der Waals surface area (Å²) in [5.41, 5.74) is 19.3. The van der Waals surface area contributed by atoms with Gasteiger partial charge in [0, 0.05) is 0 Å². The third kappa shape index (κ3) is 33.7. The fourth-order valence-corrected chi connectivity index (χ4v) is 0.967. The minimum absolute atomic E-state index is 0.296. The maximum absolute atomic E-state index is 10.1. The number of hydrogen-bond acceptors (Lipinski definition) is 7. The first-order chi connectivity index (χ1) is 11.4. The minimum Gasteiger partial charge on any atom is -0.481 e. The van der Waals surface area contributed by atoms with Crippen LogP contribution in [0.25, 0.3) is 0 Å². The number of imide groups is 1. The van der Waals surface area contributed by atoms with Crippen LogP contribution in [-0.4, -0.2) is 57.9 Å². The Morgan fingerprint density at radius 1 is 0.840 bits per heavy atom. The van der Waals surface area contributed by atoms with Gasteiger partial charge in [0.05, 0.1) is 12.8 Å². The quantitative estimate of drug-likeness (QED) is 0.223. The van der Waals surface area contributed by atoms with Crippen LogP contribution in [0.4, 0.5) is 9.59 Å². The van der Waals surface area contributed by atoms with E-state index < -0.39 is 36.0 Å². The number of carbonyl (C=O) groups is 5. The molecule has 0 rings (SSSR count). The van der Waals surface area contributed by atoms with E-state index in [2.05, 4.69) is 11.5 Å². The first kappa shape index (κ1) is 26.9. The van der Waals surface area contributed by atoms with E-state index in [9.17, 15) is 24.0 Å². The molecule has 0 saturated carbocycles. The van der Waals surface area contributed by atoms with E-state index in [0.717, 1.165) is 12.8 Å². The van der Waals surface area contributed by atoms with Gasteiger partial charge in [-0.05, 0) is 19.4 Å². The van der Waals surface area contributed by atoms with Gasteiger partial charge in [-0.1, -0.05) is 6.42 Å². The molecule has 13 nitrogen and oxygen atoms in total. The van der Waals surface area contributed by atoms with E-state index >= 15 is 0 Å². The topological polar surface area (TPSA) is 262 Å². The number of nitrogens with two attached hydrogens (primary N) is 4. The lowest BCUT2D eigenvalue weighted by molar-refractivity contribution is -0.143. The third-order valence-corrected chi connectivity index (χ3v) is 2.09. The number of amides is 4. The highest BCUT2D eigenvalue weighted by atomic mass is 16.4. The van der Waals surface area contributed by atoms with Gasteiger partial charge in [0.2, 0.25) is 0 Å². The van der Waals surface area contributed by atoms with Gasteiger partial charge < -0.3 is 38.3 Å². The van der Waals surface area contributed by atoms with Crippen molar-refractivity contribution in [2.24, 2.45) is 22.9 Å². The van der Waals surface area contributed by atoms with Gasteiger partial charge >= 0.3 is 30.0 Å². The van der Waals surface area contributed by atoms with Crippen LogP contribution in [0.3, 0.4) is 0 Å². The number of hydrogen-bond donors (Lipinski definition) is 8. The lowest BCUT2D eigenvalue weighted by Crippen LogP contribution is -2.38. The smallest absolute Gasteiger partial charge is 0.320 e. The summed E-state index contributed by atoms with van der Waals surface area (Å²) in [6, 6.07) is -2.59. The number of nitrogens with one attached hydrogen (secondary N) is 1. The molecule has 4 amide bonds. The molecule has 0 aromatic rings. The summed E-state index contributed by atoms with van der Waals surface area (Å²) in [6.45, 7) is 0.604. The van der Waals surface area contributed by atoms with Crippen molar-refractivity contribution in [3.05, 3.63) is 0 Å². The van der Waals surface area contributed by atoms with Crippen molar-refractivity contribution in [1.82, 2.24) is 5.32 Å². The zero-order valence-corrected chi connectivity index (χ0v) is 13.5. The van der Waals surface area contributed by atoms with Crippen LogP contribution >= 0.6 is 0 Å². The third-order valence-electron chi connectivity index (χ3n) is 2.09. The molecule has 0 aliphatic carbocycles. The maximum Gasteiger partial charge on any atom is 0.320 e. The average molecular weight is 367 g/mol. The molecule has 0 saturated heterocycles. The van der Waals surface area contributed by atoms with Crippen molar-refractivity contribution in [3.63, 3.8) is 0 Å². The molecular formula is C12H25N5O8. The predicted molar refractivity (Wildman–Crippen MR) is 85.3 cm³/mol. The molecule has 0 spiro atoms. The van der Waals surface area contributed by atoms with Crippen molar-refractivity contribution in [2.45, 2.75) is 38.1 Å². The number of carboxylic acids is 3. The Hall–Kier alpha value is -2.93. The zero-order valence-electron chi connectivity index (χ0n) is 13.5. The first-order valence-electron chi connectivity index (χ1n) is 6.91. The van der Waals surface area contributed by atoms with Crippen molar-refractivity contribution in [1.29, 1.82) is 0 Å². The van der Waals surface area contributed by atoms with Gasteiger partial charge in [-0.15, -0.1) is 0 Å². The largest absolute Gasteiger partial charge is 0.481 e. The summed E-state index contributed by atoms with van der Waals surface area (Å²) < 4.78 is 0. The Morgan fingerprint density at radius 3 is 1.44 bits per heavy atom. The molecule has 0 aromatic carbocycles. The number of carboxylic acid groups (broad SMARTS) is 3. The Kier molecular flexibility index (Phi) is 18.8. The van der Waals surface area contributed by atoms with Crippen LogP contribution < -0.4 is 28.3 Å². The molecule has 1 unspecified atom stereocenters. The number of carbonyl (C=O) groups excluding carboxylic acids is 2. The predicted octanol–water partition coefficient (Wildman–Crippen LogP) is -1.80. The molecule has 0 heterocycles. The SMILES string of the molecule is NC(=O)NC(N)=O.NCCCCC(N)C(=O)O.O=C(O)CCC(=O)O. The van der Waals surface area contributed by atoms with Gasteiger partial charge in [0.15, 0.2) is 0 Å². The first-order valence-corrected chi connectivity index (χ1v) is 6.91. The molecule has 0 aliphatic heterocycles.